The third-order valence-electron chi connectivity index (χ3n) is 3.53. The SMILES string of the molecule is C.CC.CC.CC.CC1NC2=C(N=C[C@H](C)[C@@H]2C)C1C. The maximum Gasteiger partial charge on any atom is 0.0640 e. The Morgan fingerprint density at radius 2 is 1.30 bits per heavy atom. The van der Waals surface area contributed by atoms with Gasteiger partial charge in [0, 0.05) is 29.8 Å². The molecule has 0 fully saturated rings. The fourth-order valence-electron chi connectivity index (χ4n) is 2.07. The Hall–Kier alpha value is -0.790. The molecular weight excluding hydrogens is 244 g/mol. The molecule has 0 aromatic heterocycles. The molecule has 2 rings (SSSR count). The van der Waals surface area contributed by atoms with E-state index < -0.39 is 0 Å². The minimum Gasteiger partial charge on any atom is -0.384 e. The van der Waals surface area contributed by atoms with Crippen LogP contribution >= 0.6 is 0 Å². The molecule has 2 aliphatic heterocycles. The van der Waals surface area contributed by atoms with Crippen molar-refractivity contribution in [1.82, 2.24) is 5.32 Å². The first-order chi connectivity index (χ1) is 9.11. The van der Waals surface area contributed by atoms with Gasteiger partial charge in [0.05, 0.1) is 5.70 Å². The molecule has 2 heteroatoms. The first kappa shape index (κ1) is 24.2. The zero-order chi connectivity index (χ0) is 15.6. The average molecular weight is 285 g/mol. The van der Waals surface area contributed by atoms with Crippen molar-refractivity contribution in [1.29, 1.82) is 0 Å². The lowest BCUT2D eigenvalue weighted by atomic mass is 9.90. The predicted molar refractivity (Wildman–Crippen MR) is 96.4 cm³/mol. The van der Waals surface area contributed by atoms with Gasteiger partial charge in [0.25, 0.3) is 0 Å². The Balaban J connectivity index is -0.000000368. The molecule has 122 valence electrons. The maximum atomic E-state index is 4.55. The molecule has 2 unspecified atom stereocenters. The first-order valence-electron chi connectivity index (χ1n) is 8.16. The number of nitrogens with zero attached hydrogens (tertiary/aromatic N) is 1. The second kappa shape index (κ2) is 13.2. The molecule has 0 aliphatic carbocycles. The van der Waals surface area contributed by atoms with Gasteiger partial charge in [0.15, 0.2) is 0 Å². The highest BCUT2D eigenvalue weighted by atomic mass is 15.0. The van der Waals surface area contributed by atoms with Crippen LogP contribution in [-0.2, 0) is 0 Å². The van der Waals surface area contributed by atoms with E-state index in [0.717, 1.165) is 0 Å². The zero-order valence-corrected chi connectivity index (χ0v) is 14.8. The molecule has 4 atom stereocenters. The lowest BCUT2D eigenvalue weighted by molar-refractivity contribution is 0.494. The third kappa shape index (κ3) is 5.68. The van der Waals surface area contributed by atoms with Gasteiger partial charge in [-0.05, 0) is 12.8 Å². The van der Waals surface area contributed by atoms with Crippen molar-refractivity contribution in [2.24, 2.45) is 22.7 Å². The van der Waals surface area contributed by atoms with Gasteiger partial charge in [-0.25, -0.2) is 0 Å². The molecule has 0 spiro atoms. The van der Waals surface area contributed by atoms with Crippen LogP contribution in [0.4, 0.5) is 0 Å². The van der Waals surface area contributed by atoms with E-state index in [9.17, 15) is 0 Å². The van der Waals surface area contributed by atoms with Gasteiger partial charge in [-0.2, -0.15) is 0 Å². The molecule has 0 bridgehead atoms. The Kier molecular flexibility index (Phi) is 16.0. The van der Waals surface area contributed by atoms with Gasteiger partial charge < -0.3 is 5.32 Å². The number of allylic oxidation sites excluding steroid dienone is 1. The average Bonchev–Trinajstić information content (AvgIpc) is 2.77. The Labute approximate surface area is 129 Å². The summed E-state index contributed by atoms with van der Waals surface area (Å²) >= 11 is 0. The van der Waals surface area contributed by atoms with Crippen LogP contribution < -0.4 is 5.32 Å². The smallest absolute Gasteiger partial charge is 0.0640 e. The lowest BCUT2D eigenvalue weighted by Gasteiger charge is -2.22. The summed E-state index contributed by atoms with van der Waals surface area (Å²) in [6.45, 7) is 21.0. The summed E-state index contributed by atoms with van der Waals surface area (Å²) in [6, 6.07) is 0.551. The van der Waals surface area contributed by atoms with Crippen LogP contribution in [0.1, 0.15) is 76.7 Å². The van der Waals surface area contributed by atoms with E-state index in [0.29, 0.717) is 23.8 Å². The van der Waals surface area contributed by atoms with E-state index >= 15 is 0 Å². The van der Waals surface area contributed by atoms with Crippen molar-refractivity contribution in [3.05, 3.63) is 11.4 Å². The standard InChI is InChI=1S/C11H18N2.3C2H6.CH4/c1-6-5-12-10-8(3)9(4)13-11(10)7(6)2;3*1-2;/h5-9,13H,1-4H3;3*1-2H3;1H4/t6-,7-,8?,9?;;;;/m0..../s1. The molecule has 0 amide bonds. The lowest BCUT2D eigenvalue weighted by Crippen LogP contribution is -2.27. The topological polar surface area (TPSA) is 24.4 Å². The normalized spacial score (nSPS) is 29.1. The summed E-state index contributed by atoms with van der Waals surface area (Å²) in [5.74, 6) is 1.75. The van der Waals surface area contributed by atoms with E-state index in [1.807, 2.05) is 41.5 Å². The quantitative estimate of drug-likeness (QED) is 0.588. The molecule has 0 saturated heterocycles. The second-order valence-corrected chi connectivity index (χ2v) is 4.45. The Bertz CT molecular complexity index is 279. The molecule has 2 heterocycles. The van der Waals surface area contributed by atoms with Crippen LogP contribution in [-0.4, -0.2) is 12.3 Å². The van der Waals surface area contributed by atoms with Gasteiger partial charge in [0.1, 0.15) is 0 Å². The maximum absolute atomic E-state index is 4.55. The van der Waals surface area contributed by atoms with E-state index in [-0.39, 0.29) is 7.43 Å². The summed E-state index contributed by atoms with van der Waals surface area (Å²) in [5, 5.41) is 3.55. The minimum absolute atomic E-state index is 0. The van der Waals surface area contributed by atoms with Crippen LogP contribution in [0.3, 0.4) is 0 Å². The summed E-state index contributed by atoms with van der Waals surface area (Å²) in [4.78, 5) is 4.55. The van der Waals surface area contributed by atoms with E-state index in [4.69, 9.17) is 0 Å². The first-order valence-corrected chi connectivity index (χ1v) is 8.16. The van der Waals surface area contributed by atoms with Crippen LogP contribution in [0.25, 0.3) is 0 Å². The molecule has 0 radical (unpaired) electrons. The van der Waals surface area contributed by atoms with E-state index in [1.54, 1.807) is 0 Å². The Morgan fingerprint density at radius 1 is 0.850 bits per heavy atom. The number of rotatable bonds is 0. The molecule has 2 nitrogen and oxygen atoms in total. The molecular formula is C18H40N2. The molecule has 1 N–H and O–H groups in total. The third-order valence-corrected chi connectivity index (χ3v) is 3.53. The molecule has 0 aromatic rings. The fourth-order valence-corrected chi connectivity index (χ4v) is 2.07. The second-order valence-electron chi connectivity index (χ2n) is 4.45. The van der Waals surface area contributed by atoms with Crippen molar-refractivity contribution in [2.45, 2.75) is 82.7 Å². The summed E-state index contributed by atoms with van der Waals surface area (Å²) in [5.41, 5.74) is 2.67. The monoisotopic (exact) mass is 284 g/mol. The molecule has 2 aliphatic rings. The number of nitrogens with one attached hydrogen (secondary N) is 1. The number of hydrogen-bond acceptors (Lipinski definition) is 2. The van der Waals surface area contributed by atoms with Crippen LogP contribution in [0.5, 0.6) is 0 Å². The summed E-state index contributed by atoms with van der Waals surface area (Å²) < 4.78 is 0. The molecule has 20 heavy (non-hydrogen) atoms. The number of aliphatic imine (C=N–C) groups is 1. The van der Waals surface area contributed by atoms with Crippen LogP contribution in [0, 0.1) is 17.8 Å². The van der Waals surface area contributed by atoms with Gasteiger partial charge in [-0.15, -0.1) is 0 Å². The molecule has 0 aromatic carbocycles. The minimum atomic E-state index is 0. The largest absolute Gasteiger partial charge is 0.384 e. The summed E-state index contributed by atoms with van der Waals surface area (Å²) in [7, 11) is 0. The summed E-state index contributed by atoms with van der Waals surface area (Å²) in [6.07, 6.45) is 2.10. The number of hydrogen-bond donors (Lipinski definition) is 1. The predicted octanol–water partition coefficient (Wildman–Crippen LogP) is 5.90. The zero-order valence-electron chi connectivity index (χ0n) is 14.8. The highest BCUT2D eigenvalue weighted by Gasteiger charge is 2.34. The van der Waals surface area contributed by atoms with Gasteiger partial charge in [-0.1, -0.05) is 69.7 Å². The van der Waals surface area contributed by atoms with Gasteiger partial charge in [-0.3, -0.25) is 4.99 Å². The Morgan fingerprint density at radius 3 is 1.75 bits per heavy atom. The van der Waals surface area contributed by atoms with E-state index in [2.05, 4.69) is 44.2 Å². The van der Waals surface area contributed by atoms with Gasteiger partial charge >= 0.3 is 0 Å². The highest BCUT2D eigenvalue weighted by molar-refractivity contribution is 5.65. The van der Waals surface area contributed by atoms with Gasteiger partial charge in [0.2, 0.25) is 0 Å². The molecule has 0 saturated carbocycles. The van der Waals surface area contributed by atoms with Crippen molar-refractivity contribution < 1.29 is 0 Å². The highest BCUT2D eigenvalue weighted by Crippen LogP contribution is 2.35. The van der Waals surface area contributed by atoms with Crippen molar-refractivity contribution >= 4 is 6.21 Å². The van der Waals surface area contributed by atoms with E-state index in [1.165, 1.54) is 11.4 Å². The fraction of sp³-hybridized carbons (Fsp3) is 0.833. The van der Waals surface area contributed by atoms with Crippen molar-refractivity contribution in [3.8, 4) is 0 Å². The van der Waals surface area contributed by atoms with Crippen molar-refractivity contribution in [3.63, 3.8) is 0 Å². The van der Waals surface area contributed by atoms with Crippen LogP contribution in [0.15, 0.2) is 16.4 Å². The van der Waals surface area contributed by atoms with Crippen LogP contribution in [0.2, 0.25) is 0 Å². The van der Waals surface area contributed by atoms with Crippen molar-refractivity contribution in [2.75, 3.05) is 0 Å².